The highest BCUT2D eigenvalue weighted by Gasteiger charge is 2.36. The number of carboxylic acids is 1. The first-order chi connectivity index (χ1) is 9.74. The molecule has 1 aliphatic carbocycles. The van der Waals surface area contributed by atoms with Crippen molar-refractivity contribution in [2.45, 2.75) is 51.8 Å². The molecule has 116 valence electrons. The normalized spacial score (nSPS) is 21.5. The summed E-state index contributed by atoms with van der Waals surface area (Å²) < 4.78 is 6.77. The zero-order chi connectivity index (χ0) is 15.6. The van der Waals surface area contributed by atoms with Crippen LogP contribution in [0.15, 0.2) is 6.20 Å². The summed E-state index contributed by atoms with van der Waals surface area (Å²) in [5.41, 5.74) is 0.0686. The molecular formula is C13H20N4O4. The third-order valence-electron chi connectivity index (χ3n) is 3.21. The van der Waals surface area contributed by atoms with Crippen LogP contribution >= 0.6 is 0 Å². The highest BCUT2D eigenvalue weighted by atomic mass is 16.6. The molecule has 0 aliphatic heterocycles. The van der Waals surface area contributed by atoms with Gasteiger partial charge in [-0.25, -0.2) is 9.48 Å². The molecule has 0 saturated heterocycles. The Hall–Kier alpha value is -2.12. The Balaban J connectivity index is 1.79. The number of alkyl carbamates (subject to hydrolysis) is 1. The van der Waals surface area contributed by atoms with E-state index in [0.717, 1.165) is 0 Å². The first-order valence-corrected chi connectivity index (χ1v) is 6.85. The molecule has 0 aromatic carbocycles. The number of ether oxygens (including phenoxy) is 1. The van der Waals surface area contributed by atoms with Crippen LogP contribution in [-0.4, -0.2) is 37.8 Å². The van der Waals surface area contributed by atoms with Gasteiger partial charge in [0.25, 0.3) is 0 Å². The van der Waals surface area contributed by atoms with Crippen molar-refractivity contribution in [3.8, 4) is 0 Å². The van der Waals surface area contributed by atoms with Gasteiger partial charge in [0, 0.05) is 0 Å². The lowest BCUT2D eigenvalue weighted by atomic mass is 9.80. The van der Waals surface area contributed by atoms with Gasteiger partial charge in [-0.2, -0.15) is 0 Å². The van der Waals surface area contributed by atoms with E-state index in [-0.39, 0.29) is 18.5 Å². The van der Waals surface area contributed by atoms with Crippen LogP contribution in [0, 0.1) is 5.92 Å². The second-order valence-electron chi connectivity index (χ2n) is 6.21. The van der Waals surface area contributed by atoms with E-state index in [0.29, 0.717) is 18.5 Å². The predicted octanol–water partition coefficient (Wildman–Crippen LogP) is 1.34. The van der Waals surface area contributed by atoms with Crippen molar-refractivity contribution < 1.29 is 19.4 Å². The van der Waals surface area contributed by atoms with Gasteiger partial charge in [-0.15, -0.1) is 5.10 Å². The minimum atomic E-state index is -0.766. The summed E-state index contributed by atoms with van der Waals surface area (Å²) in [6.45, 7) is 5.60. The summed E-state index contributed by atoms with van der Waals surface area (Å²) in [5.74, 6) is -1.05. The molecule has 8 heteroatoms. The van der Waals surface area contributed by atoms with Crippen LogP contribution in [0.4, 0.5) is 4.79 Å². The third kappa shape index (κ3) is 4.17. The highest BCUT2D eigenvalue weighted by molar-refractivity contribution is 5.71. The van der Waals surface area contributed by atoms with Crippen LogP contribution in [0.5, 0.6) is 0 Å². The topological polar surface area (TPSA) is 106 Å². The van der Waals surface area contributed by atoms with Gasteiger partial charge in [0.2, 0.25) is 0 Å². The van der Waals surface area contributed by atoms with Crippen molar-refractivity contribution >= 4 is 12.1 Å². The molecule has 0 spiro atoms. The number of carbonyl (C=O) groups excluding carboxylic acids is 1. The molecule has 1 amide bonds. The molecule has 2 rings (SSSR count). The number of rotatable bonds is 4. The molecule has 1 heterocycles. The number of carboxylic acid groups (broad SMARTS) is 1. The molecule has 1 aliphatic rings. The van der Waals surface area contributed by atoms with E-state index < -0.39 is 17.7 Å². The van der Waals surface area contributed by atoms with Crippen LogP contribution in [0.2, 0.25) is 0 Å². The van der Waals surface area contributed by atoms with E-state index in [1.54, 1.807) is 31.6 Å². The Kier molecular flexibility index (Phi) is 4.15. The van der Waals surface area contributed by atoms with Crippen LogP contribution in [0.25, 0.3) is 0 Å². The van der Waals surface area contributed by atoms with E-state index in [1.807, 2.05) is 0 Å². The first kappa shape index (κ1) is 15.3. The van der Waals surface area contributed by atoms with E-state index in [4.69, 9.17) is 9.84 Å². The molecule has 1 saturated carbocycles. The van der Waals surface area contributed by atoms with Gasteiger partial charge >= 0.3 is 12.1 Å². The van der Waals surface area contributed by atoms with Crippen LogP contribution < -0.4 is 5.32 Å². The summed E-state index contributed by atoms with van der Waals surface area (Å²) in [4.78, 5) is 22.3. The van der Waals surface area contributed by atoms with Crippen LogP contribution in [0.1, 0.15) is 45.3 Å². The second-order valence-corrected chi connectivity index (χ2v) is 6.21. The average molecular weight is 296 g/mol. The van der Waals surface area contributed by atoms with Gasteiger partial charge in [0.05, 0.1) is 24.7 Å². The number of nitrogens with zero attached hydrogens (tertiary/aromatic N) is 3. The lowest BCUT2D eigenvalue weighted by molar-refractivity contribution is -0.146. The summed E-state index contributed by atoms with van der Waals surface area (Å²) in [6.07, 6.45) is 2.35. The Labute approximate surface area is 122 Å². The standard InChI is InChI=1S/C13H20N4O4/c1-13(2,3)21-12(20)14-6-9-7-17(16-15-9)10-4-8(5-10)11(18)19/h7-8,10H,4-6H2,1-3H3,(H,14,20)(H,18,19). The van der Waals surface area contributed by atoms with Crippen LogP contribution in [-0.2, 0) is 16.1 Å². The zero-order valence-electron chi connectivity index (χ0n) is 12.4. The Morgan fingerprint density at radius 3 is 2.71 bits per heavy atom. The maximum Gasteiger partial charge on any atom is 0.407 e. The minimum Gasteiger partial charge on any atom is -0.481 e. The summed E-state index contributed by atoms with van der Waals surface area (Å²) in [6, 6.07) is 0.0777. The van der Waals surface area contributed by atoms with Gasteiger partial charge in [-0.05, 0) is 33.6 Å². The van der Waals surface area contributed by atoms with Crippen molar-refractivity contribution in [2.24, 2.45) is 5.92 Å². The van der Waals surface area contributed by atoms with Gasteiger partial charge in [-0.1, -0.05) is 5.21 Å². The molecule has 1 fully saturated rings. The van der Waals surface area contributed by atoms with Crippen molar-refractivity contribution in [1.29, 1.82) is 0 Å². The summed E-state index contributed by atoms with van der Waals surface area (Å²) in [7, 11) is 0. The fourth-order valence-electron chi connectivity index (χ4n) is 2.06. The minimum absolute atomic E-state index is 0.0777. The van der Waals surface area contributed by atoms with Crippen molar-refractivity contribution in [3.05, 3.63) is 11.9 Å². The molecule has 0 unspecified atom stereocenters. The fraction of sp³-hybridized carbons (Fsp3) is 0.692. The maximum absolute atomic E-state index is 11.5. The number of carbonyl (C=O) groups is 2. The number of nitrogens with one attached hydrogen (secondary N) is 1. The highest BCUT2D eigenvalue weighted by Crippen LogP contribution is 2.37. The number of aromatic nitrogens is 3. The molecule has 8 nitrogen and oxygen atoms in total. The number of hydrogen-bond acceptors (Lipinski definition) is 5. The number of aliphatic carboxylic acids is 1. The lowest BCUT2D eigenvalue weighted by Crippen LogP contribution is -2.32. The van der Waals surface area contributed by atoms with E-state index in [2.05, 4.69) is 15.6 Å². The molecule has 0 bridgehead atoms. The van der Waals surface area contributed by atoms with Crippen molar-refractivity contribution in [3.63, 3.8) is 0 Å². The third-order valence-corrected chi connectivity index (χ3v) is 3.21. The molecule has 1 aromatic rings. The van der Waals surface area contributed by atoms with Crippen LogP contribution in [0.3, 0.4) is 0 Å². The summed E-state index contributed by atoms with van der Waals surface area (Å²) >= 11 is 0. The average Bonchev–Trinajstić information content (AvgIpc) is 2.70. The quantitative estimate of drug-likeness (QED) is 0.868. The smallest absolute Gasteiger partial charge is 0.407 e. The first-order valence-electron chi connectivity index (χ1n) is 6.85. The van der Waals surface area contributed by atoms with Crippen molar-refractivity contribution in [2.75, 3.05) is 0 Å². The van der Waals surface area contributed by atoms with Gasteiger partial charge < -0.3 is 15.2 Å². The SMILES string of the molecule is CC(C)(C)OC(=O)NCc1cn(C2CC(C(=O)O)C2)nn1. The Morgan fingerprint density at radius 2 is 2.14 bits per heavy atom. The van der Waals surface area contributed by atoms with E-state index >= 15 is 0 Å². The van der Waals surface area contributed by atoms with Gasteiger partial charge in [0.15, 0.2) is 0 Å². The second kappa shape index (κ2) is 5.71. The molecule has 1 aromatic heterocycles. The molecular weight excluding hydrogens is 276 g/mol. The Bertz CT molecular complexity index is 529. The lowest BCUT2D eigenvalue weighted by Gasteiger charge is -2.31. The largest absolute Gasteiger partial charge is 0.481 e. The van der Waals surface area contributed by atoms with E-state index in [1.165, 1.54) is 0 Å². The molecule has 0 radical (unpaired) electrons. The van der Waals surface area contributed by atoms with E-state index in [9.17, 15) is 9.59 Å². The van der Waals surface area contributed by atoms with Gasteiger partial charge in [-0.3, -0.25) is 4.79 Å². The molecule has 21 heavy (non-hydrogen) atoms. The monoisotopic (exact) mass is 296 g/mol. The van der Waals surface area contributed by atoms with Gasteiger partial charge in [0.1, 0.15) is 11.3 Å². The zero-order valence-corrected chi connectivity index (χ0v) is 12.4. The van der Waals surface area contributed by atoms with Crippen molar-refractivity contribution in [1.82, 2.24) is 20.3 Å². The predicted molar refractivity (Wildman–Crippen MR) is 72.5 cm³/mol. The Morgan fingerprint density at radius 1 is 1.48 bits per heavy atom. The number of hydrogen-bond donors (Lipinski definition) is 2. The summed E-state index contributed by atoms with van der Waals surface area (Å²) in [5, 5.41) is 19.4. The molecule has 0 atom stereocenters. The molecule has 2 N–H and O–H groups in total. The fourth-order valence-corrected chi connectivity index (χ4v) is 2.06. The number of amides is 1. The maximum atomic E-state index is 11.5.